The van der Waals surface area contributed by atoms with Crippen LogP contribution >= 0.6 is 0 Å². The number of hydrogen-bond donors (Lipinski definition) is 1. The molecule has 0 aromatic heterocycles. The molecule has 2 N–H and O–H groups in total. The van der Waals surface area contributed by atoms with Gasteiger partial charge < -0.3 is 5.73 Å². The van der Waals surface area contributed by atoms with Gasteiger partial charge in [-0.15, -0.1) is 0 Å². The van der Waals surface area contributed by atoms with E-state index in [9.17, 15) is 4.79 Å². The molecule has 0 amide bonds. The molecule has 0 aliphatic carbocycles. The molecule has 0 bridgehead atoms. The lowest BCUT2D eigenvalue weighted by Crippen LogP contribution is -2.44. The Morgan fingerprint density at radius 3 is 2.38 bits per heavy atom. The Morgan fingerprint density at radius 1 is 1.38 bits per heavy atom. The van der Waals surface area contributed by atoms with E-state index in [-0.39, 0.29) is 5.78 Å². The second-order valence-electron chi connectivity index (χ2n) is 3.47. The molecule has 2 heteroatoms. The second-order valence-corrected chi connectivity index (χ2v) is 3.47. The van der Waals surface area contributed by atoms with Crippen molar-refractivity contribution < 1.29 is 4.79 Å². The lowest BCUT2D eigenvalue weighted by Gasteiger charge is -2.20. The molecule has 70 valence electrons. The van der Waals surface area contributed by atoms with Gasteiger partial charge >= 0.3 is 0 Å². The standard InChI is InChI=1S/C11H15NO/c1-3-11(2,12)10(13)9-7-5-4-6-8-9/h4-8H,3,12H2,1-2H3. The molecule has 1 unspecified atom stereocenters. The first-order valence-electron chi connectivity index (χ1n) is 4.46. The van der Waals surface area contributed by atoms with Crippen LogP contribution in [-0.2, 0) is 0 Å². The highest BCUT2D eigenvalue weighted by Gasteiger charge is 2.26. The summed E-state index contributed by atoms with van der Waals surface area (Å²) < 4.78 is 0. The molecule has 1 aromatic rings. The maximum Gasteiger partial charge on any atom is 0.182 e. The predicted octanol–water partition coefficient (Wildman–Crippen LogP) is 2.00. The topological polar surface area (TPSA) is 43.1 Å². The molecule has 0 saturated carbocycles. The van der Waals surface area contributed by atoms with Crippen molar-refractivity contribution in [2.45, 2.75) is 25.8 Å². The third-order valence-corrected chi connectivity index (χ3v) is 2.29. The predicted molar refractivity (Wildman–Crippen MR) is 53.7 cm³/mol. The van der Waals surface area contributed by atoms with E-state index < -0.39 is 5.54 Å². The molecule has 0 aliphatic heterocycles. The molecular weight excluding hydrogens is 162 g/mol. The first kappa shape index (κ1) is 9.93. The summed E-state index contributed by atoms with van der Waals surface area (Å²) in [6.07, 6.45) is 0.653. The normalized spacial score (nSPS) is 15.0. The van der Waals surface area contributed by atoms with Crippen molar-refractivity contribution in [3.8, 4) is 0 Å². The summed E-state index contributed by atoms with van der Waals surface area (Å²) >= 11 is 0. The minimum Gasteiger partial charge on any atom is -0.319 e. The minimum absolute atomic E-state index is 0.00981. The number of rotatable bonds is 3. The van der Waals surface area contributed by atoms with Gasteiger partial charge in [0.25, 0.3) is 0 Å². The van der Waals surface area contributed by atoms with E-state index in [0.29, 0.717) is 12.0 Å². The Balaban J connectivity index is 2.93. The van der Waals surface area contributed by atoms with Gasteiger partial charge in [-0.05, 0) is 13.3 Å². The maximum atomic E-state index is 11.8. The zero-order valence-corrected chi connectivity index (χ0v) is 8.08. The van der Waals surface area contributed by atoms with Gasteiger partial charge in [0.05, 0.1) is 5.54 Å². The molecule has 0 saturated heterocycles. The Labute approximate surface area is 78.8 Å². The number of nitrogens with two attached hydrogens (primary N) is 1. The van der Waals surface area contributed by atoms with Crippen LogP contribution in [0.25, 0.3) is 0 Å². The average molecular weight is 177 g/mol. The smallest absolute Gasteiger partial charge is 0.182 e. The lowest BCUT2D eigenvalue weighted by atomic mass is 9.90. The number of hydrogen-bond acceptors (Lipinski definition) is 2. The fraction of sp³-hybridized carbons (Fsp3) is 0.364. The highest BCUT2D eigenvalue weighted by Crippen LogP contribution is 2.13. The number of carbonyl (C=O) groups excluding carboxylic acids is 1. The third-order valence-electron chi connectivity index (χ3n) is 2.29. The number of ketones is 1. The van der Waals surface area contributed by atoms with Crippen molar-refractivity contribution in [1.29, 1.82) is 0 Å². The van der Waals surface area contributed by atoms with Crippen molar-refractivity contribution in [3.05, 3.63) is 35.9 Å². The van der Waals surface area contributed by atoms with Gasteiger partial charge in [-0.25, -0.2) is 0 Å². The van der Waals surface area contributed by atoms with Crippen LogP contribution in [0.2, 0.25) is 0 Å². The van der Waals surface area contributed by atoms with Crippen molar-refractivity contribution in [1.82, 2.24) is 0 Å². The highest BCUT2D eigenvalue weighted by molar-refractivity contribution is 6.02. The zero-order chi connectivity index (χ0) is 9.90. The third kappa shape index (κ3) is 2.16. The van der Waals surface area contributed by atoms with Crippen LogP contribution in [-0.4, -0.2) is 11.3 Å². The molecule has 0 radical (unpaired) electrons. The van der Waals surface area contributed by atoms with Crippen molar-refractivity contribution in [2.24, 2.45) is 5.73 Å². The molecule has 0 fully saturated rings. The summed E-state index contributed by atoms with van der Waals surface area (Å²) in [4.78, 5) is 11.8. The van der Waals surface area contributed by atoms with Crippen molar-refractivity contribution >= 4 is 5.78 Å². The number of carbonyl (C=O) groups is 1. The van der Waals surface area contributed by atoms with Gasteiger partial charge in [-0.3, -0.25) is 4.79 Å². The zero-order valence-electron chi connectivity index (χ0n) is 8.08. The van der Waals surface area contributed by atoms with E-state index in [2.05, 4.69) is 0 Å². The quantitative estimate of drug-likeness (QED) is 0.717. The Bertz CT molecular complexity index is 290. The summed E-state index contributed by atoms with van der Waals surface area (Å²) in [5, 5.41) is 0. The van der Waals surface area contributed by atoms with Gasteiger partial charge in [0, 0.05) is 5.56 Å². The van der Waals surface area contributed by atoms with E-state index in [0.717, 1.165) is 0 Å². The van der Waals surface area contributed by atoms with Crippen LogP contribution in [0.1, 0.15) is 30.6 Å². The number of Topliss-reactive ketones (excluding diaryl/α,β-unsaturated/α-hetero) is 1. The molecule has 0 spiro atoms. The van der Waals surface area contributed by atoms with E-state index in [1.807, 2.05) is 25.1 Å². The summed E-state index contributed by atoms with van der Waals surface area (Å²) in [7, 11) is 0. The largest absolute Gasteiger partial charge is 0.319 e. The Hall–Kier alpha value is -1.15. The molecular formula is C11H15NO. The average Bonchev–Trinajstić information content (AvgIpc) is 2.18. The van der Waals surface area contributed by atoms with Crippen LogP contribution < -0.4 is 5.73 Å². The van der Waals surface area contributed by atoms with E-state index in [1.54, 1.807) is 19.1 Å². The summed E-state index contributed by atoms with van der Waals surface area (Å²) in [5.41, 5.74) is 5.80. The molecule has 0 heterocycles. The monoisotopic (exact) mass is 177 g/mol. The van der Waals surface area contributed by atoms with Crippen molar-refractivity contribution in [3.63, 3.8) is 0 Å². The van der Waals surface area contributed by atoms with Gasteiger partial charge in [0.2, 0.25) is 0 Å². The van der Waals surface area contributed by atoms with Crippen LogP contribution in [0, 0.1) is 0 Å². The fourth-order valence-corrected chi connectivity index (χ4v) is 1.08. The van der Waals surface area contributed by atoms with Crippen LogP contribution in [0.3, 0.4) is 0 Å². The summed E-state index contributed by atoms with van der Waals surface area (Å²) in [6, 6.07) is 9.17. The van der Waals surface area contributed by atoms with Gasteiger partial charge in [-0.1, -0.05) is 37.3 Å². The Kier molecular flexibility index (Phi) is 2.83. The van der Waals surface area contributed by atoms with Crippen LogP contribution in [0.4, 0.5) is 0 Å². The second kappa shape index (κ2) is 3.71. The summed E-state index contributed by atoms with van der Waals surface area (Å²) in [6.45, 7) is 3.68. The van der Waals surface area contributed by atoms with Crippen molar-refractivity contribution in [2.75, 3.05) is 0 Å². The molecule has 1 rings (SSSR count). The first-order chi connectivity index (χ1) is 6.08. The van der Waals surface area contributed by atoms with Gasteiger partial charge in [0.1, 0.15) is 0 Å². The summed E-state index contributed by atoms with van der Waals surface area (Å²) in [5.74, 6) is 0.00981. The SMILES string of the molecule is CCC(C)(N)C(=O)c1ccccc1. The molecule has 1 aromatic carbocycles. The maximum absolute atomic E-state index is 11.8. The van der Waals surface area contributed by atoms with Crippen LogP contribution in [0.15, 0.2) is 30.3 Å². The number of benzene rings is 1. The lowest BCUT2D eigenvalue weighted by molar-refractivity contribution is 0.0898. The molecule has 13 heavy (non-hydrogen) atoms. The van der Waals surface area contributed by atoms with E-state index in [4.69, 9.17) is 5.73 Å². The van der Waals surface area contributed by atoms with E-state index >= 15 is 0 Å². The molecule has 0 aliphatic rings. The Morgan fingerprint density at radius 2 is 1.92 bits per heavy atom. The first-order valence-corrected chi connectivity index (χ1v) is 4.46. The van der Waals surface area contributed by atoms with Crippen LogP contribution in [0.5, 0.6) is 0 Å². The molecule has 1 atom stereocenters. The fourth-order valence-electron chi connectivity index (χ4n) is 1.08. The van der Waals surface area contributed by atoms with Gasteiger partial charge in [-0.2, -0.15) is 0 Å². The van der Waals surface area contributed by atoms with E-state index in [1.165, 1.54) is 0 Å². The highest BCUT2D eigenvalue weighted by atomic mass is 16.1. The molecule has 2 nitrogen and oxygen atoms in total. The minimum atomic E-state index is -0.735. The van der Waals surface area contributed by atoms with Gasteiger partial charge in [0.15, 0.2) is 5.78 Å².